The highest BCUT2D eigenvalue weighted by Crippen LogP contribution is 2.18. The zero-order chi connectivity index (χ0) is 17.0. The number of amides is 2. The van der Waals surface area contributed by atoms with Gasteiger partial charge in [-0.15, -0.1) is 0 Å². The van der Waals surface area contributed by atoms with Crippen LogP contribution in [0.5, 0.6) is 0 Å². The predicted molar refractivity (Wildman–Crippen MR) is 89.1 cm³/mol. The van der Waals surface area contributed by atoms with Gasteiger partial charge in [-0.2, -0.15) is 5.10 Å². The van der Waals surface area contributed by atoms with E-state index in [1.54, 1.807) is 4.90 Å². The molecule has 1 saturated heterocycles. The molecule has 0 saturated carbocycles. The lowest BCUT2D eigenvalue weighted by molar-refractivity contribution is -0.138. The van der Waals surface area contributed by atoms with Gasteiger partial charge in [-0.3, -0.25) is 14.3 Å². The Morgan fingerprint density at radius 2 is 2.04 bits per heavy atom. The van der Waals surface area contributed by atoms with E-state index in [4.69, 9.17) is 0 Å². The standard InChI is InChI=1S/C17H28N4O2/c1-5-20-11-14(7-8-16(20)22)17(23)18-10-9-15-12(3)19-21(6-2)13(15)4/h14H,5-11H2,1-4H3,(H,18,23)/t14-/m1/s1. The topological polar surface area (TPSA) is 67.2 Å². The van der Waals surface area contributed by atoms with Crippen molar-refractivity contribution in [3.8, 4) is 0 Å². The highest BCUT2D eigenvalue weighted by molar-refractivity contribution is 5.83. The van der Waals surface area contributed by atoms with Gasteiger partial charge in [0.1, 0.15) is 0 Å². The fourth-order valence-corrected chi connectivity index (χ4v) is 3.29. The Balaban J connectivity index is 1.86. The summed E-state index contributed by atoms with van der Waals surface area (Å²) in [6.07, 6.45) is 1.94. The Morgan fingerprint density at radius 1 is 1.30 bits per heavy atom. The average Bonchev–Trinajstić information content (AvgIpc) is 2.82. The van der Waals surface area contributed by atoms with E-state index in [0.717, 1.165) is 18.7 Å². The molecule has 2 rings (SSSR count). The molecule has 6 nitrogen and oxygen atoms in total. The fraction of sp³-hybridized carbons (Fsp3) is 0.706. The van der Waals surface area contributed by atoms with Crippen LogP contribution in [0.1, 0.15) is 43.6 Å². The van der Waals surface area contributed by atoms with E-state index < -0.39 is 0 Å². The Labute approximate surface area is 138 Å². The molecule has 2 amide bonds. The van der Waals surface area contributed by atoms with Gasteiger partial charge >= 0.3 is 0 Å². The van der Waals surface area contributed by atoms with Crippen molar-refractivity contribution >= 4 is 11.8 Å². The molecule has 1 aliphatic heterocycles. The second-order valence-electron chi connectivity index (χ2n) is 6.17. The number of aryl methyl sites for hydroxylation is 2. The molecule has 23 heavy (non-hydrogen) atoms. The van der Waals surface area contributed by atoms with Crippen LogP contribution in [0.2, 0.25) is 0 Å². The Kier molecular flexibility index (Phi) is 5.80. The number of hydrogen-bond acceptors (Lipinski definition) is 3. The molecular formula is C17H28N4O2. The van der Waals surface area contributed by atoms with E-state index in [0.29, 0.717) is 32.5 Å². The number of carbonyl (C=O) groups excluding carboxylic acids is 2. The molecule has 128 valence electrons. The molecule has 0 unspecified atom stereocenters. The van der Waals surface area contributed by atoms with Crippen LogP contribution in [0.4, 0.5) is 0 Å². The Hall–Kier alpha value is -1.85. The average molecular weight is 320 g/mol. The number of piperidine rings is 1. The molecule has 1 aromatic rings. The van der Waals surface area contributed by atoms with Crippen molar-refractivity contribution in [3.63, 3.8) is 0 Å². The minimum Gasteiger partial charge on any atom is -0.355 e. The summed E-state index contributed by atoms with van der Waals surface area (Å²) < 4.78 is 2.00. The van der Waals surface area contributed by atoms with E-state index in [-0.39, 0.29) is 17.7 Å². The fourth-order valence-electron chi connectivity index (χ4n) is 3.29. The summed E-state index contributed by atoms with van der Waals surface area (Å²) >= 11 is 0. The molecule has 1 fully saturated rings. The maximum absolute atomic E-state index is 12.3. The van der Waals surface area contributed by atoms with Crippen LogP contribution in [0, 0.1) is 19.8 Å². The molecular weight excluding hydrogens is 292 g/mol. The smallest absolute Gasteiger partial charge is 0.224 e. The van der Waals surface area contributed by atoms with E-state index in [1.165, 1.54) is 11.3 Å². The highest BCUT2D eigenvalue weighted by Gasteiger charge is 2.29. The van der Waals surface area contributed by atoms with Crippen LogP contribution in [0.3, 0.4) is 0 Å². The number of aromatic nitrogens is 2. The van der Waals surface area contributed by atoms with Gasteiger partial charge in [0.15, 0.2) is 0 Å². The number of rotatable bonds is 6. The molecule has 1 N–H and O–H groups in total. The van der Waals surface area contributed by atoms with E-state index >= 15 is 0 Å². The van der Waals surface area contributed by atoms with E-state index in [2.05, 4.69) is 24.3 Å². The number of hydrogen-bond donors (Lipinski definition) is 1. The van der Waals surface area contributed by atoms with Crippen molar-refractivity contribution in [2.45, 2.75) is 53.5 Å². The third kappa shape index (κ3) is 3.92. The normalized spacial score (nSPS) is 18.3. The molecule has 0 radical (unpaired) electrons. The van der Waals surface area contributed by atoms with Gasteiger partial charge in [0, 0.05) is 38.3 Å². The van der Waals surface area contributed by atoms with Crippen LogP contribution in [-0.4, -0.2) is 46.1 Å². The molecule has 1 atom stereocenters. The SMILES string of the molecule is CCN1C[C@H](C(=O)NCCc2c(C)nn(CC)c2C)CCC1=O. The first-order chi connectivity index (χ1) is 11.0. The molecule has 1 aromatic heterocycles. The summed E-state index contributed by atoms with van der Waals surface area (Å²) in [6, 6.07) is 0. The van der Waals surface area contributed by atoms with E-state index in [1.807, 2.05) is 18.5 Å². The lowest BCUT2D eigenvalue weighted by atomic mass is 9.96. The summed E-state index contributed by atoms with van der Waals surface area (Å²) in [5, 5.41) is 7.53. The van der Waals surface area contributed by atoms with Crippen LogP contribution >= 0.6 is 0 Å². The lowest BCUT2D eigenvalue weighted by Crippen LogP contribution is -2.45. The maximum Gasteiger partial charge on any atom is 0.224 e. The first-order valence-electron chi connectivity index (χ1n) is 8.56. The van der Waals surface area contributed by atoms with Crippen LogP contribution in [0.15, 0.2) is 0 Å². The van der Waals surface area contributed by atoms with Gasteiger partial charge in [0.05, 0.1) is 11.6 Å². The van der Waals surface area contributed by atoms with Gasteiger partial charge in [-0.1, -0.05) is 0 Å². The van der Waals surface area contributed by atoms with Gasteiger partial charge in [-0.05, 0) is 46.1 Å². The molecule has 0 aliphatic carbocycles. The van der Waals surface area contributed by atoms with Crippen molar-refractivity contribution in [1.82, 2.24) is 20.0 Å². The summed E-state index contributed by atoms with van der Waals surface area (Å²) in [7, 11) is 0. The zero-order valence-corrected chi connectivity index (χ0v) is 14.7. The molecule has 0 bridgehead atoms. The molecule has 2 heterocycles. The third-order valence-electron chi connectivity index (χ3n) is 4.76. The maximum atomic E-state index is 12.3. The Morgan fingerprint density at radius 3 is 2.65 bits per heavy atom. The second-order valence-corrected chi connectivity index (χ2v) is 6.17. The summed E-state index contributed by atoms with van der Waals surface area (Å²) in [5.74, 6) is 0.150. The van der Waals surface area contributed by atoms with Gasteiger partial charge in [-0.25, -0.2) is 0 Å². The lowest BCUT2D eigenvalue weighted by Gasteiger charge is -2.31. The van der Waals surface area contributed by atoms with Crippen LogP contribution in [0.25, 0.3) is 0 Å². The molecule has 1 aliphatic rings. The van der Waals surface area contributed by atoms with Crippen molar-refractivity contribution < 1.29 is 9.59 Å². The van der Waals surface area contributed by atoms with Crippen molar-refractivity contribution in [2.75, 3.05) is 19.6 Å². The molecule has 0 aromatic carbocycles. The first kappa shape index (κ1) is 17.5. The zero-order valence-electron chi connectivity index (χ0n) is 14.7. The van der Waals surface area contributed by atoms with Crippen LogP contribution in [-0.2, 0) is 22.6 Å². The van der Waals surface area contributed by atoms with Gasteiger partial charge in [0.25, 0.3) is 0 Å². The number of nitrogens with one attached hydrogen (secondary N) is 1. The highest BCUT2D eigenvalue weighted by atomic mass is 16.2. The quantitative estimate of drug-likeness (QED) is 0.862. The minimum absolute atomic E-state index is 0.0640. The van der Waals surface area contributed by atoms with Crippen molar-refractivity contribution in [2.24, 2.45) is 5.92 Å². The monoisotopic (exact) mass is 320 g/mol. The number of likely N-dealkylation sites (tertiary alicyclic amines) is 1. The van der Waals surface area contributed by atoms with Gasteiger partial charge < -0.3 is 10.2 Å². The Bertz CT molecular complexity index is 579. The van der Waals surface area contributed by atoms with Crippen molar-refractivity contribution in [1.29, 1.82) is 0 Å². The number of nitrogens with zero attached hydrogens (tertiary/aromatic N) is 3. The number of carbonyl (C=O) groups is 2. The first-order valence-corrected chi connectivity index (χ1v) is 8.56. The second kappa shape index (κ2) is 7.62. The molecule has 6 heteroatoms. The minimum atomic E-state index is -0.0757. The summed E-state index contributed by atoms with van der Waals surface area (Å²) in [6.45, 7) is 10.8. The molecule has 0 spiro atoms. The van der Waals surface area contributed by atoms with Crippen LogP contribution < -0.4 is 5.32 Å². The summed E-state index contributed by atoms with van der Waals surface area (Å²) in [4.78, 5) is 25.8. The van der Waals surface area contributed by atoms with Gasteiger partial charge in [0.2, 0.25) is 11.8 Å². The largest absolute Gasteiger partial charge is 0.355 e. The third-order valence-corrected chi connectivity index (χ3v) is 4.76. The van der Waals surface area contributed by atoms with E-state index in [9.17, 15) is 9.59 Å². The van der Waals surface area contributed by atoms with Crippen molar-refractivity contribution in [3.05, 3.63) is 17.0 Å². The predicted octanol–water partition coefficient (Wildman–Crippen LogP) is 1.44. The summed E-state index contributed by atoms with van der Waals surface area (Å²) in [5.41, 5.74) is 3.44.